The average Bonchev–Trinajstić information content (AvgIpc) is 2.43. The second-order valence-electron chi connectivity index (χ2n) is 4.35. The van der Waals surface area contributed by atoms with E-state index in [9.17, 15) is 4.79 Å². The normalized spacial score (nSPS) is 10.3. The molecule has 0 fully saturated rings. The minimum atomic E-state index is 0.648. The van der Waals surface area contributed by atoms with Crippen LogP contribution in [0.1, 0.15) is 28.4 Å². The van der Waals surface area contributed by atoms with E-state index in [-0.39, 0.29) is 0 Å². The zero-order chi connectivity index (χ0) is 13.8. The number of hydrogen-bond acceptors (Lipinski definition) is 2. The standard InChI is InChI=1S/C16H15ClO2/c1-3-13-9-14(5-6-15(13)17)19-16-7-4-12(10-18)8-11(16)2/h4-10H,3H2,1-2H3. The molecule has 2 nitrogen and oxygen atoms in total. The number of halogens is 1. The Bertz CT molecular complexity index is 606. The molecule has 0 atom stereocenters. The van der Waals surface area contributed by atoms with Crippen LogP contribution in [0.25, 0.3) is 0 Å². The minimum absolute atomic E-state index is 0.648. The van der Waals surface area contributed by atoms with E-state index in [2.05, 4.69) is 6.92 Å². The first-order chi connectivity index (χ1) is 9.13. The van der Waals surface area contributed by atoms with Crippen LogP contribution < -0.4 is 4.74 Å². The Morgan fingerprint density at radius 1 is 1.21 bits per heavy atom. The van der Waals surface area contributed by atoms with Crippen LogP contribution >= 0.6 is 11.6 Å². The van der Waals surface area contributed by atoms with Gasteiger partial charge in [0.1, 0.15) is 17.8 Å². The molecule has 0 amide bonds. The van der Waals surface area contributed by atoms with Gasteiger partial charge in [-0.3, -0.25) is 4.79 Å². The third-order valence-corrected chi connectivity index (χ3v) is 3.33. The zero-order valence-electron chi connectivity index (χ0n) is 10.9. The summed E-state index contributed by atoms with van der Waals surface area (Å²) in [6, 6.07) is 11.0. The van der Waals surface area contributed by atoms with Gasteiger partial charge in [0.25, 0.3) is 0 Å². The predicted molar refractivity (Wildman–Crippen MR) is 77.5 cm³/mol. The highest BCUT2D eigenvalue weighted by molar-refractivity contribution is 6.31. The van der Waals surface area contributed by atoms with Crippen LogP contribution in [0.5, 0.6) is 11.5 Å². The molecule has 0 unspecified atom stereocenters. The Morgan fingerprint density at radius 3 is 2.63 bits per heavy atom. The van der Waals surface area contributed by atoms with Crippen LogP contribution in [0.2, 0.25) is 5.02 Å². The number of carbonyl (C=O) groups is 1. The van der Waals surface area contributed by atoms with Crippen molar-refractivity contribution in [3.63, 3.8) is 0 Å². The molecule has 19 heavy (non-hydrogen) atoms. The Hall–Kier alpha value is -1.80. The fourth-order valence-electron chi connectivity index (χ4n) is 1.87. The fraction of sp³-hybridized carbons (Fsp3) is 0.188. The summed E-state index contributed by atoms with van der Waals surface area (Å²) in [6.45, 7) is 3.97. The van der Waals surface area contributed by atoms with Crippen molar-refractivity contribution >= 4 is 17.9 Å². The van der Waals surface area contributed by atoms with Crippen molar-refractivity contribution in [2.75, 3.05) is 0 Å². The molecule has 0 bridgehead atoms. The number of rotatable bonds is 4. The highest BCUT2D eigenvalue weighted by atomic mass is 35.5. The quantitative estimate of drug-likeness (QED) is 0.748. The molecule has 0 saturated heterocycles. The lowest BCUT2D eigenvalue weighted by Crippen LogP contribution is -1.91. The summed E-state index contributed by atoms with van der Waals surface area (Å²) in [5.41, 5.74) is 2.63. The predicted octanol–water partition coefficient (Wildman–Crippen LogP) is 4.82. The summed E-state index contributed by atoms with van der Waals surface area (Å²) >= 11 is 6.08. The summed E-state index contributed by atoms with van der Waals surface area (Å²) in [5, 5.41) is 0.753. The first kappa shape index (κ1) is 13.6. The Labute approximate surface area is 118 Å². The van der Waals surface area contributed by atoms with E-state index in [4.69, 9.17) is 16.3 Å². The van der Waals surface area contributed by atoms with Crippen LogP contribution in [0.15, 0.2) is 36.4 Å². The van der Waals surface area contributed by atoms with Gasteiger partial charge in [0.15, 0.2) is 0 Å². The Kier molecular flexibility index (Phi) is 4.23. The van der Waals surface area contributed by atoms with Crippen LogP contribution in [0.3, 0.4) is 0 Å². The number of aldehydes is 1. The van der Waals surface area contributed by atoms with Crippen molar-refractivity contribution in [1.29, 1.82) is 0 Å². The highest BCUT2D eigenvalue weighted by Gasteiger charge is 2.05. The average molecular weight is 275 g/mol. The van der Waals surface area contributed by atoms with Crippen LogP contribution in [0.4, 0.5) is 0 Å². The molecule has 0 spiro atoms. The summed E-state index contributed by atoms with van der Waals surface area (Å²) in [4.78, 5) is 10.7. The number of hydrogen-bond donors (Lipinski definition) is 0. The maximum atomic E-state index is 10.7. The van der Waals surface area contributed by atoms with Crippen LogP contribution in [-0.2, 0) is 6.42 Å². The monoisotopic (exact) mass is 274 g/mol. The SMILES string of the molecule is CCc1cc(Oc2ccc(C=O)cc2C)ccc1Cl. The van der Waals surface area contributed by atoms with E-state index in [1.54, 1.807) is 18.2 Å². The van der Waals surface area contributed by atoms with Crippen LogP contribution in [0, 0.1) is 6.92 Å². The van der Waals surface area contributed by atoms with Crippen molar-refractivity contribution < 1.29 is 9.53 Å². The largest absolute Gasteiger partial charge is 0.457 e. The molecule has 0 aliphatic heterocycles. The molecular formula is C16H15ClO2. The van der Waals surface area contributed by atoms with E-state index in [0.717, 1.165) is 40.4 Å². The van der Waals surface area contributed by atoms with Crippen molar-refractivity contribution in [2.24, 2.45) is 0 Å². The van der Waals surface area contributed by atoms with E-state index < -0.39 is 0 Å². The molecule has 98 valence electrons. The second kappa shape index (κ2) is 5.89. The first-order valence-electron chi connectivity index (χ1n) is 6.16. The molecule has 0 N–H and O–H groups in total. The van der Waals surface area contributed by atoms with Gasteiger partial charge < -0.3 is 4.74 Å². The van der Waals surface area contributed by atoms with Gasteiger partial charge in [0, 0.05) is 10.6 Å². The molecule has 0 saturated carbocycles. The maximum Gasteiger partial charge on any atom is 0.150 e. The van der Waals surface area contributed by atoms with E-state index in [1.807, 2.05) is 25.1 Å². The molecule has 0 aliphatic rings. The minimum Gasteiger partial charge on any atom is -0.457 e. The highest BCUT2D eigenvalue weighted by Crippen LogP contribution is 2.28. The molecule has 0 aromatic heterocycles. The zero-order valence-corrected chi connectivity index (χ0v) is 11.7. The summed E-state index contributed by atoms with van der Waals surface area (Å²) < 4.78 is 5.83. The summed E-state index contributed by atoms with van der Waals surface area (Å²) in [7, 11) is 0. The number of benzene rings is 2. The van der Waals surface area contributed by atoms with Gasteiger partial charge in [0.05, 0.1) is 0 Å². The molecular weight excluding hydrogens is 260 g/mol. The van der Waals surface area contributed by atoms with Crippen molar-refractivity contribution in [2.45, 2.75) is 20.3 Å². The maximum absolute atomic E-state index is 10.7. The molecule has 0 radical (unpaired) electrons. The molecule has 0 aliphatic carbocycles. The summed E-state index contributed by atoms with van der Waals surface area (Å²) in [6.07, 6.45) is 1.69. The number of aryl methyl sites for hydroxylation is 2. The van der Waals surface area contributed by atoms with Gasteiger partial charge in [0.2, 0.25) is 0 Å². The lowest BCUT2D eigenvalue weighted by Gasteiger charge is -2.10. The lowest BCUT2D eigenvalue weighted by molar-refractivity contribution is 0.112. The van der Waals surface area contributed by atoms with Gasteiger partial charge in [-0.05, 0) is 60.9 Å². The van der Waals surface area contributed by atoms with E-state index in [0.29, 0.717) is 5.56 Å². The molecule has 3 heteroatoms. The molecule has 2 rings (SSSR count). The fourth-order valence-corrected chi connectivity index (χ4v) is 2.12. The first-order valence-corrected chi connectivity index (χ1v) is 6.54. The molecule has 0 heterocycles. The van der Waals surface area contributed by atoms with Crippen LogP contribution in [-0.4, -0.2) is 6.29 Å². The molecule has 2 aromatic rings. The van der Waals surface area contributed by atoms with Crippen molar-refractivity contribution in [3.05, 3.63) is 58.1 Å². The van der Waals surface area contributed by atoms with Gasteiger partial charge in [-0.1, -0.05) is 18.5 Å². The topological polar surface area (TPSA) is 26.3 Å². The van der Waals surface area contributed by atoms with Gasteiger partial charge in [-0.2, -0.15) is 0 Å². The Balaban J connectivity index is 2.28. The second-order valence-corrected chi connectivity index (χ2v) is 4.76. The van der Waals surface area contributed by atoms with Gasteiger partial charge in [-0.25, -0.2) is 0 Å². The third-order valence-electron chi connectivity index (χ3n) is 2.96. The smallest absolute Gasteiger partial charge is 0.150 e. The van der Waals surface area contributed by atoms with Crippen molar-refractivity contribution in [1.82, 2.24) is 0 Å². The van der Waals surface area contributed by atoms with Gasteiger partial charge >= 0.3 is 0 Å². The molecule has 2 aromatic carbocycles. The van der Waals surface area contributed by atoms with E-state index in [1.165, 1.54) is 0 Å². The number of ether oxygens (including phenoxy) is 1. The van der Waals surface area contributed by atoms with Crippen molar-refractivity contribution in [3.8, 4) is 11.5 Å². The Morgan fingerprint density at radius 2 is 2.00 bits per heavy atom. The number of carbonyl (C=O) groups excluding carboxylic acids is 1. The van der Waals surface area contributed by atoms with E-state index >= 15 is 0 Å². The third kappa shape index (κ3) is 3.15. The lowest BCUT2D eigenvalue weighted by atomic mass is 10.1. The van der Waals surface area contributed by atoms with Gasteiger partial charge in [-0.15, -0.1) is 0 Å². The summed E-state index contributed by atoms with van der Waals surface area (Å²) in [5.74, 6) is 1.50.